The van der Waals surface area contributed by atoms with Crippen molar-refractivity contribution in [1.29, 1.82) is 0 Å². The van der Waals surface area contributed by atoms with Crippen LogP contribution in [0.2, 0.25) is 0 Å². The average molecular weight is 377 g/mol. The van der Waals surface area contributed by atoms with E-state index in [9.17, 15) is 9.59 Å². The van der Waals surface area contributed by atoms with Crippen LogP contribution in [0.5, 0.6) is 0 Å². The summed E-state index contributed by atoms with van der Waals surface area (Å²) >= 11 is 1.54. The Morgan fingerprint density at radius 2 is 1.59 bits per heavy atom. The van der Waals surface area contributed by atoms with Crippen molar-refractivity contribution in [2.75, 3.05) is 10.6 Å². The molecule has 1 aliphatic rings. The largest absolute Gasteiger partial charge is 0.321 e. The molecule has 0 fully saturated rings. The molecular weight excluding hydrogens is 358 g/mol. The number of hydrogen-bond acceptors (Lipinski definition) is 4. The normalized spacial score (nSPS) is 12.9. The topological polar surface area (TPSA) is 71.1 Å². The SMILES string of the molecule is O=C(Nc1ccccc1C(=O)Nc1nc2c(s1)CCCC2)c1ccccc1. The van der Waals surface area contributed by atoms with Gasteiger partial charge in [-0.15, -0.1) is 11.3 Å². The van der Waals surface area contributed by atoms with Crippen molar-refractivity contribution in [2.24, 2.45) is 0 Å². The van der Waals surface area contributed by atoms with Gasteiger partial charge in [-0.1, -0.05) is 30.3 Å². The number of carbonyl (C=O) groups is 2. The molecule has 5 nitrogen and oxygen atoms in total. The summed E-state index contributed by atoms with van der Waals surface area (Å²) in [6.07, 6.45) is 4.34. The molecule has 4 rings (SSSR count). The van der Waals surface area contributed by atoms with Gasteiger partial charge in [-0.05, 0) is 49.9 Å². The molecule has 1 aromatic heterocycles. The number of benzene rings is 2. The van der Waals surface area contributed by atoms with Gasteiger partial charge >= 0.3 is 0 Å². The smallest absolute Gasteiger partial charge is 0.259 e. The number of anilines is 2. The van der Waals surface area contributed by atoms with Gasteiger partial charge in [0.15, 0.2) is 5.13 Å². The van der Waals surface area contributed by atoms with Crippen LogP contribution < -0.4 is 10.6 Å². The molecule has 6 heteroatoms. The third-order valence-electron chi connectivity index (χ3n) is 4.52. The van der Waals surface area contributed by atoms with E-state index in [0.717, 1.165) is 25.0 Å². The number of aromatic nitrogens is 1. The van der Waals surface area contributed by atoms with E-state index in [1.165, 1.54) is 11.3 Å². The molecule has 1 heterocycles. The van der Waals surface area contributed by atoms with E-state index in [0.29, 0.717) is 21.9 Å². The van der Waals surface area contributed by atoms with Gasteiger partial charge in [0.25, 0.3) is 11.8 Å². The fourth-order valence-corrected chi connectivity index (χ4v) is 4.19. The molecule has 0 atom stereocenters. The van der Waals surface area contributed by atoms with Crippen molar-refractivity contribution >= 4 is 34.0 Å². The highest BCUT2D eigenvalue weighted by atomic mass is 32.1. The van der Waals surface area contributed by atoms with Crippen LogP contribution >= 0.6 is 11.3 Å². The summed E-state index contributed by atoms with van der Waals surface area (Å²) in [5.74, 6) is -0.523. The molecule has 0 saturated heterocycles. The lowest BCUT2D eigenvalue weighted by Crippen LogP contribution is -2.18. The molecule has 2 N–H and O–H groups in total. The lowest BCUT2D eigenvalue weighted by atomic mass is 10.0. The zero-order valence-electron chi connectivity index (χ0n) is 14.7. The number of aryl methyl sites for hydroxylation is 2. The molecule has 2 amide bonds. The van der Waals surface area contributed by atoms with Gasteiger partial charge in [0.05, 0.1) is 16.9 Å². The number of fused-ring (bicyclic) bond motifs is 1. The fraction of sp³-hybridized carbons (Fsp3) is 0.190. The molecule has 0 spiro atoms. The van der Waals surface area contributed by atoms with Crippen LogP contribution in [0.1, 0.15) is 44.1 Å². The van der Waals surface area contributed by atoms with Gasteiger partial charge in [0.2, 0.25) is 0 Å². The molecule has 0 radical (unpaired) electrons. The Morgan fingerprint density at radius 3 is 2.41 bits per heavy atom. The second-order valence-corrected chi connectivity index (χ2v) is 7.50. The molecule has 0 bridgehead atoms. The van der Waals surface area contributed by atoms with E-state index in [1.54, 1.807) is 59.9 Å². The summed E-state index contributed by atoms with van der Waals surface area (Å²) in [4.78, 5) is 31.0. The van der Waals surface area contributed by atoms with E-state index in [4.69, 9.17) is 0 Å². The van der Waals surface area contributed by atoms with Crippen LogP contribution in [0.4, 0.5) is 10.8 Å². The fourth-order valence-electron chi connectivity index (χ4n) is 3.14. The summed E-state index contributed by atoms with van der Waals surface area (Å²) < 4.78 is 0. The third-order valence-corrected chi connectivity index (χ3v) is 5.59. The summed E-state index contributed by atoms with van der Waals surface area (Å²) in [6, 6.07) is 15.9. The van der Waals surface area contributed by atoms with Crippen molar-refractivity contribution in [3.05, 3.63) is 76.3 Å². The summed E-state index contributed by atoms with van der Waals surface area (Å²) in [5.41, 5.74) is 2.53. The second kappa shape index (κ2) is 7.72. The monoisotopic (exact) mass is 377 g/mol. The van der Waals surface area contributed by atoms with Crippen LogP contribution in [0.25, 0.3) is 0 Å². The number of nitrogens with one attached hydrogen (secondary N) is 2. The van der Waals surface area contributed by atoms with E-state index >= 15 is 0 Å². The lowest BCUT2D eigenvalue weighted by Gasteiger charge is -2.10. The number of thiazole rings is 1. The van der Waals surface area contributed by atoms with Crippen molar-refractivity contribution in [3.63, 3.8) is 0 Å². The first-order valence-electron chi connectivity index (χ1n) is 8.96. The third kappa shape index (κ3) is 3.90. The molecular formula is C21H19N3O2S. The molecule has 0 aliphatic heterocycles. The van der Waals surface area contributed by atoms with Crippen molar-refractivity contribution in [1.82, 2.24) is 4.98 Å². The van der Waals surface area contributed by atoms with Crippen molar-refractivity contribution < 1.29 is 9.59 Å². The van der Waals surface area contributed by atoms with Crippen molar-refractivity contribution in [2.45, 2.75) is 25.7 Å². The van der Waals surface area contributed by atoms with E-state index in [1.807, 2.05) is 6.07 Å². The van der Waals surface area contributed by atoms with Gasteiger partial charge in [0.1, 0.15) is 0 Å². The van der Waals surface area contributed by atoms with Crippen LogP contribution in [-0.4, -0.2) is 16.8 Å². The molecule has 2 aromatic carbocycles. The molecule has 1 aliphatic carbocycles. The minimum atomic E-state index is -0.273. The van der Waals surface area contributed by atoms with Crippen LogP contribution in [0.15, 0.2) is 54.6 Å². The minimum absolute atomic E-state index is 0.249. The quantitative estimate of drug-likeness (QED) is 0.702. The lowest BCUT2D eigenvalue weighted by molar-refractivity contribution is 0.102. The predicted molar refractivity (Wildman–Crippen MR) is 108 cm³/mol. The standard InChI is InChI=1S/C21H19N3O2S/c25-19(14-8-2-1-3-9-14)22-16-11-5-4-10-15(16)20(26)24-21-23-17-12-6-7-13-18(17)27-21/h1-5,8-11H,6-7,12-13H2,(H,22,25)(H,23,24,26). The van der Waals surface area contributed by atoms with Crippen molar-refractivity contribution in [3.8, 4) is 0 Å². The van der Waals surface area contributed by atoms with Gasteiger partial charge < -0.3 is 5.32 Å². The summed E-state index contributed by atoms with van der Waals surface area (Å²) in [7, 11) is 0. The Kier molecular flexibility index (Phi) is 4.98. The predicted octanol–water partition coefficient (Wildman–Crippen LogP) is 4.53. The van der Waals surface area contributed by atoms with E-state index < -0.39 is 0 Å². The minimum Gasteiger partial charge on any atom is -0.321 e. The van der Waals surface area contributed by atoms with Crippen LogP contribution in [0, 0.1) is 0 Å². The Balaban J connectivity index is 1.52. The first-order chi connectivity index (χ1) is 13.2. The van der Waals surface area contributed by atoms with Crippen LogP contribution in [-0.2, 0) is 12.8 Å². The Morgan fingerprint density at radius 1 is 0.852 bits per heavy atom. The molecule has 3 aromatic rings. The molecule has 0 saturated carbocycles. The first-order valence-corrected chi connectivity index (χ1v) is 9.78. The zero-order valence-corrected chi connectivity index (χ0v) is 15.5. The van der Waals surface area contributed by atoms with Gasteiger partial charge in [-0.25, -0.2) is 4.98 Å². The van der Waals surface area contributed by atoms with Gasteiger partial charge in [0, 0.05) is 10.4 Å². The van der Waals surface area contributed by atoms with Gasteiger partial charge in [-0.2, -0.15) is 0 Å². The Hall–Kier alpha value is -2.99. The molecule has 136 valence electrons. The number of carbonyl (C=O) groups excluding carboxylic acids is 2. The summed E-state index contributed by atoms with van der Waals surface area (Å²) in [5, 5.41) is 6.33. The number of amides is 2. The number of nitrogens with zero attached hydrogens (tertiary/aromatic N) is 1. The highest BCUT2D eigenvalue weighted by Crippen LogP contribution is 2.30. The highest BCUT2D eigenvalue weighted by Gasteiger charge is 2.19. The van der Waals surface area contributed by atoms with E-state index in [-0.39, 0.29) is 11.8 Å². The Labute approximate surface area is 161 Å². The average Bonchev–Trinajstić information content (AvgIpc) is 3.11. The first kappa shape index (κ1) is 17.4. The van der Waals surface area contributed by atoms with Gasteiger partial charge in [-0.3, -0.25) is 14.9 Å². The number of para-hydroxylation sites is 1. The summed E-state index contributed by atoms with van der Waals surface area (Å²) in [6.45, 7) is 0. The highest BCUT2D eigenvalue weighted by molar-refractivity contribution is 7.15. The second-order valence-electron chi connectivity index (χ2n) is 6.42. The van der Waals surface area contributed by atoms with Crippen LogP contribution in [0.3, 0.4) is 0 Å². The van der Waals surface area contributed by atoms with E-state index in [2.05, 4.69) is 15.6 Å². The molecule has 0 unspecified atom stereocenters. The maximum atomic E-state index is 12.8. The maximum absolute atomic E-state index is 12.8. The number of hydrogen-bond donors (Lipinski definition) is 2. The Bertz CT molecular complexity index is 959. The maximum Gasteiger partial charge on any atom is 0.259 e. The molecule has 27 heavy (non-hydrogen) atoms. The number of rotatable bonds is 4. The zero-order chi connectivity index (χ0) is 18.6.